The second kappa shape index (κ2) is 6.13. The van der Waals surface area contributed by atoms with E-state index in [4.69, 9.17) is 16.7 Å². The molecule has 1 aromatic rings. The molecule has 0 fully saturated rings. The first-order valence-electron chi connectivity index (χ1n) is 4.69. The molecular formula is C11H12BrClO2. The highest BCUT2D eigenvalue weighted by Gasteiger charge is 2.08. The summed E-state index contributed by atoms with van der Waals surface area (Å²) in [7, 11) is 0. The van der Waals surface area contributed by atoms with Gasteiger partial charge in [0.2, 0.25) is 0 Å². The van der Waals surface area contributed by atoms with E-state index < -0.39 is 5.97 Å². The van der Waals surface area contributed by atoms with Crippen molar-refractivity contribution in [1.29, 1.82) is 0 Å². The maximum absolute atomic E-state index is 10.6. The molecule has 0 aliphatic rings. The van der Waals surface area contributed by atoms with E-state index in [0.717, 1.165) is 28.4 Å². The Morgan fingerprint density at radius 2 is 2.07 bits per heavy atom. The van der Waals surface area contributed by atoms with Gasteiger partial charge in [0, 0.05) is 10.4 Å². The molecule has 0 spiro atoms. The van der Waals surface area contributed by atoms with Gasteiger partial charge in [0.1, 0.15) is 0 Å². The first-order chi connectivity index (χ1) is 7.15. The van der Waals surface area contributed by atoms with Gasteiger partial charge in [-0.3, -0.25) is 4.79 Å². The van der Waals surface area contributed by atoms with Gasteiger partial charge in [0.25, 0.3) is 0 Å². The van der Waals surface area contributed by atoms with Gasteiger partial charge in [-0.1, -0.05) is 34.1 Å². The van der Waals surface area contributed by atoms with Crippen LogP contribution in [0.2, 0.25) is 0 Å². The third-order valence-electron chi connectivity index (χ3n) is 2.08. The van der Waals surface area contributed by atoms with Crippen LogP contribution in [0.15, 0.2) is 22.7 Å². The number of carbonyl (C=O) groups is 1. The minimum atomic E-state index is -0.815. The summed E-state index contributed by atoms with van der Waals surface area (Å²) in [5.74, 6) is -0.194. The zero-order chi connectivity index (χ0) is 11.3. The van der Waals surface area contributed by atoms with E-state index in [-0.39, 0.29) is 6.42 Å². The Balaban J connectivity index is 2.85. The summed E-state index contributed by atoms with van der Waals surface area (Å²) in [5.41, 5.74) is 1.93. The van der Waals surface area contributed by atoms with Gasteiger partial charge in [-0.05, 0) is 24.0 Å². The molecule has 15 heavy (non-hydrogen) atoms. The van der Waals surface area contributed by atoms with E-state index in [2.05, 4.69) is 15.9 Å². The summed E-state index contributed by atoms with van der Waals surface area (Å²) in [5, 5.41) is 8.72. The lowest BCUT2D eigenvalue weighted by Crippen LogP contribution is -2.02. The molecule has 0 amide bonds. The van der Waals surface area contributed by atoms with E-state index in [0.29, 0.717) is 5.88 Å². The number of hydrogen-bond donors (Lipinski definition) is 1. The molecule has 0 radical (unpaired) electrons. The number of hydrogen-bond acceptors (Lipinski definition) is 1. The second-order valence-electron chi connectivity index (χ2n) is 3.25. The summed E-state index contributed by atoms with van der Waals surface area (Å²) >= 11 is 9.05. The van der Waals surface area contributed by atoms with E-state index in [1.165, 1.54) is 0 Å². The predicted molar refractivity (Wildman–Crippen MR) is 64.5 cm³/mol. The molecule has 0 unspecified atom stereocenters. The second-order valence-corrected chi connectivity index (χ2v) is 4.42. The quantitative estimate of drug-likeness (QED) is 0.846. The van der Waals surface area contributed by atoms with Crippen LogP contribution in [0.5, 0.6) is 0 Å². The summed E-state index contributed by atoms with van der Waals surface area (Å²) < 4.78 is 0.900. The zero-order valence-corrected chi connectivity index (χ0v) is 10.5. The summed E-state index contributed by atoms with van der Waals surface area (Å²) in [6.07, 6.45) is 1.82. The lowest BCUT2D eigenvalue weighted by Gasteiger charge is -2.07. The van der Waals surface area contributed by atoms with Crippen molar-refractivity contribution in [1.82, 2.24) is 0 Å². The van der Waals surface area contributed by atoms with Gasteiger partial charge in [-0.25, -0.2) is 0 Å². The van der Waals surface area contributed by atoms with Crippen molar-refractivity contribution < 1.29 is 9.90 Å². The van der Waals surface area contributed by atoms with Crippen LogP contribution in [0.4, 0.5) is 0 Å². The first-order valence-corrected chi connectivity index (χ1v) is 6.02. The first kappa shape index (κ1) is 12.5. The van der Waals surface area contributed by atoms with Gasteiger partial charge >= 0.3 is 5.97 Å². The van der Waals surface area contributed by atoms with Crippen molar-refractivity contribution in [2.75, 3.05) is 5.88 Å². The van der Waals surface area contributed by atoms with E-state index in [1.807, 2.05) is 18.2 Å². The third-order valence-corrected chi connectivity index (χ3v) is 3.37. The fourth-order valence-electron chi connectivity index (χ4n) is 1.38. The third kappa shape index (κ3) is 3.84. The Morgan fingerprint density at radius 3 is 2.67 bits per heavy atom. The Morgan fingerprint density at radius 1 is 1.40 bits per heavy atom. The topological polar surface area (TPSA) is 37.3 Å². The average Bonchev–Trinajstić information content (AvgIpc) is 2.19. The van der Waals surface area contributed by atoms with Crippen LogP contribution >= 0.6 is 27.5 Å². The number of carboxylic acid groups (broad SMARTS) is 1. The fraction of sp³-hybridized carbons (Fsp3) is 0.364. The van der Waals surface area contributed by atoms with E-state index in [9.17, 15) is 4.79 Å². The summed E-state index contributed by atoms with van der Waals surface area (Å²) in [6.45, 7) is 0. The maximum atomic E-state index is 10.6. The van der Waals surface area contributed by atoms with Crippen LogP contribution in [-0.4, -0.2) is 17.0 Å². The number of aliphatic carboxylic acids is 1. The van der Waals surface area contributed by atoms with E-state index in [1.54, 1.807) is 0 Å². The number of aryl methyl sites for hydroxylation is 1. The number of halogens is 2. The lowest BCUT2D eigenvalue weighted by molar-refractivity contribution is -0.136. The van der Waals surface area contributed by atoms with Crippen molar-refractivity contribution in [3.63, 3.8) is 0 Å². The van der Waals surface area contributed by atoms with Crippen LogP contribution in [-0.2, 0) is 17.6 Å². The molecule has 0 bridgehead atoms. The minimum absolute atomic E-state index is 0.0509. The number of rotatable bonds is 5. The Bertz CT molecular complexity index is 352. The zero-order valence-electron chi connectivity index (χ0n) is 8.17. The smallest absolute Gasteiger partial charge is 0.307 e. The Kier molecular flexibility index (Phi) is 5.12. The molecule has 2 nitrogen and oxygen atoms in total. The Labute approximate surface area is 102 Å². The van der Waals surface area contributed by atoms with Crippen molar-refractivity contribution in [2.45, 2.75) is 19.3 Å². The predicted octanol–water partition coefficient (Wildman–Crippen LogP) is 3.25. The van der Waals surface area contributed by atoms with Crippen LogP contribution in [0.3, 0.4) is 0 Å². The summed E-state index contributed by atoms with van der Waals surface area (Å²) in [6, 6.07) is 5.69. The largest absolute Gasteiger partial charge is 0.481 e. The highest BCUT2D eigenvalue weighted by molar-refractivity contribution is 9.10. The lowest BCUT2D eigenvalue weighted by atomic mass is 10.0. The molecule has 0 saturated heterocycles. The highest BCUT2D eigenvalue weighted by Crippen LogP contribution is 2.23. The molecule has 1 rings (SSSR count). The SMILES string of the molecule is O=C(O)Cc1cccc(CCCCl)c1Br. The summed E-state index contributed by atoms with van der Waals surface area (Å²) in [4.78, 5) is 10.6. The van der Waals surface area contributed by atoms with Crippen molar-refractivity contribution in [3.05, 3.63) is 33.8 Å². The van der Waals surface area contributed by atoms with Crippen LogP contribution in [0, 0.1) is 0 Å². The fourth-order valence-corrected chi connectivity index (χ4v) is 2.12. The molecule has 0 saturated carbocycles. The van der Waals surface area contributed by atoms with Gasteiger partial charge < -0.3 is 5.11 Å². The van der Waals surface area contributed by atoms with Gasteiger partial charge in [-0.2, -0.15) is 0 Å². The molecule has 82 valence electrons. The molecule has 0 aromatic heterocycles. The average molecular weight is 292 g/mol. The molecule has 0 aliphatic carbocycles. The minimum Gasteiger partial charge on any atom is -0.481 e. The number of benzene rings is 1. The van der Waals surface area contributed by atoms with Gasteiger partial charge in [0.15, 0.2) is 0 Å². The maximum Gasteiger partial charge on any atom is 0.307 e. The molecule has 0 atom stereocenters. The van der Waals surface area contributed by atoms with Crippen molar-refractivity contribution in [3.8, 4) is 0 Å². The molecule has 4 heteroatoms. The number of carboxylic acids is 1. The monoisotopic (exact) mass is 290 g/mol. The molecular weight excluding hydrogens is 279 g/mol. The molecule has 1 aromatic carbocycles. The number of alkyl halides is 1. The van der Waals surface area contributed by atoms with Crippen LogP contribution in [0.1, 0.15) is 17.5 Å². The van der Waals surface area contributed by atoms with Crippen LogP contribution < -0.4 is 0 Å². The molecule has 0 heterocycles. The normalized spacial score (nSPS) is 10.3. The van der Waals surface area contributed by atoms with Gasteiger partial charge in [0.05, 0.1) is 6.42 Å². The highest BCUT2D eigenvalue weighted by atomic mass is 79.9. The molecule has 0 aliphatic heterocycles. The van der Waals surface area contributed by atoms with Crippen molar-refractivity contribution in [2.24, 2.45) is 0 Å². The van der Waals surface area contributed by atoms with Gasteiger partial charge in [-0.15, -0.1) is 11.6 Å². The van der Waals surface area contributed by atoms with E-state index >= 15 is 0 Å². The Hall–Kier alpha value is -0.540. The molecule has 1 N–H and O–H groups in total. The standard InChI is InChI=1S/C11H12BrClO2/c12-11-8(5-2-6-13)3-1-4-9(11)7-10(14)15/h1,3-4H,2,5-7H2,(H,14,15). The van der Waals surface area contributed by atoms with Crippen LogP contribution in [0.25, 0.3) is 0 Å². The van der Waals surface area contributed by atoms with Crippen molar-refractivity contribution >= 4 is 33.5 Å².